The van der Waals surface area contributed by atoms with E-state index >= 15 is 0 Å². The molecule has 2 nitrogen and oxygen atoms in total. The van der Waals surface area contributed by atoms with E-state index in [0.29, 0.717) is 4.83 Å². The standard InChI is InChI=1S/C18H26BrNO/c1-18(2,3)14-11-9-13(10-12-14)17(21)20-16-8-6-4-5-7-15(16)19/h9-12,15-16H,4-8H2,1-3H3,(H,20,21). The molecule has 1 aliphatic rings. The molecule has 116 valence electrons. The molecule has 0 radical (unpaired) electrons. The number of hydrogen-bond donors (Lipinski definition) is 1. The van der Waals surface area contributed by atoms with Crippen molar-refractivity contribution in [2.24, 2.45) is 0 Å². The summed E-state index contributed by atoms with van der Waals surface area (Å²) in [5, 5.41) is 3.20. The molecule has 2 atom stereocenters. The summed E-state index contributed by atoms with van der Waals surface area (Å²) in [4.78, 5) is 12.8. The molecule has 3 heteroatoms. The summed E-state index contributed by atoms with van der Waals surface area (Å²) in [5.41, 5.74) is 2.14. The molecule has 1 saturated carbocycles. The first-order valence-electron chi connectivity index (χ1n) is 7.93. The summed E-state index contributed by atoms with van der Waals surface area (Å²) in [5.74, 6) is 0.0480. The molecule has 1 N–H and O–H groups in total. The molecule has 2 unspecified atom stereocenters. The van der Waals surface area contributed by atoms with Crippen molar-refractivity contribution in [3.8, 4) is 0 Å². The fourth-order valence-corrected chi connectivity index (χ4v) is 3.52. The lowest BCUT2D eigenvalue weighted by atomic mass is 9.86. The van der Waals surface area contributed by atoms with Crippen LogP contribution in [-0.2, 0) is 5.41 Å². The zero-order chi connectivity index (χ0) is 15.5. The third kappa shape index (κ3) is 4.57. The SMILES string of the molecule is CC(C)(C)c1ccc(C(=O)NC2CCCCCC2Br)cc1. The first-order valence-corrected chi connectivity index (χ1v) is 8.85. The van der Waals surface area contributed by atoms with Gasteiger partial charge in [-0.2, -0.15) is 0 Å². The second-order valence-electron chi connectivity index (χ2n) is 7.06. The van der Waals surface area contributed by atoms with Crippen LogP contribution in [0.5, 0.6) is 0 Å². The molecule has 0 aromatic heterocycles. The second-order valence-corrected chi connectivity index (χ2v) is 8.24. The van der Waals surface area contributed by atoms with E-state index in [-0.39, 0.29) is 17.4 Å². The van der Waals surface area contributed by atoms with E-state index in [0.717, 1.165) is 18.4 Å². The molecule has 1 aromatic rings. The maximum atomic E-state index is 12.4. The molecule has 0 aliphatic heterocycles. The first-order chi connectivity index (χ1) is 9.88. The Kier molecular flexibility index (Phi) is 5.48. The van der Waals surface area contributed by atoms with Gasteiger partial charge in [0.1, 0.15) is 0 Å². The highest BCUT2D eigenvalue weighted by Gasteiger charge is 2.23. The van der Waals surface area contributed by atoms with Gasteiger partial charge >= 0.3 is 0 Å². The van der Waals surface area contributed by atoms with Gasteiger partial charge in [-0.3, -0.25) is 4.79 Å². The molecular formula is C18H26BrNO. The quantitative estimate of drug-likeness (QED) is 0.601. The lowest BCUT2D eigenvalue weighted by molar-refractivity contribution is 0.0935. The van der Waals surface area contributed by atoms with Crippen molar-refractivity contribution in [2.45, 2.75) is 69.2 Å². The molecule has 1 aromatic carbocycles. The summed E-state index contributed by atoms with van der Waals surface area (Å²) in [6, 6.07) is 8.26. The Morgan fingerprint density at radius 1 is 1.10 bits per heavy atom. The van der Waals surface area contributed by atoms with Crippen molar-refractivity contribution < 1.29 is 4.79 Å². The van der Waals surface area contributed by atoms with E-state index in [1.807, 2.05) is 12.1 Å². The maximum Gasteiger partial charge on any atom is 0.251 e. The molecule has 0 heterocycles. The van der Waals surface area contributed by atoms with Crippen LogP contribution in [0.2, 0.25) is 0 Å². The van der Waals surface area contributed by atoms with Crippen LogP contribution in [0, 0.1) is 0 Å². The van der Waals surface area contributed by atoms with E-state index < -0.39 is 0 Å². The molecule has 1 aliphatic carbocycles. The number of carbonyl (C=O) groups excluding carboxylic acids is 1. The number of rotatable bonds is 2. The Bertz CT molecular complexity index is 475. The van der Waals surface area contributed by atoms with Crippen molar-refractivity contribution in [1.29, 1.82) is 0 Å². The smallest absolute Gasteiger partial charge is 0.251 e. The Morgan fingerprint density at radius 2 is 1.71 bits per heavy atom. The zero-order valence-electron chi connectivity index (χ0n) is 13.3. The van der Waals surface area contributed by atoms with Crippen molar-refractivity contribution in [1.82, 2.24) is 5.32 Å². The van der Waals surface area contributed by atoms with Gasteiger partial charge in [0.05, 0.1) is 0 Å². The number of nitrogens with one attached hydrogen (secondary N) is 1. The molecule has 1 fully saturated rings. The molecule has 2 rings (SSSR count). The van der Waals surface area contributed by atoms with Gasteiger partial charge in [0.25, 0.3) is 5.91 Å². The highest BCUT2D eigenvalue weighted by molar-refractivity contribution is 9.09. The van der Waals surface area contributed by atoms with Gasteiger partial charge in [-0.25, -0.2) is 0 Å². The third-order valence-electron chi connectivity index (χ3n) is 4.26. The summed E-state index contributed by atoms with van der Waals surface area (Å²) >= 11 is 3.73. The van der Waals surface area contributed by atoms with E-state index in [4.69, 9.17) is 0 Å². The minimum Gasteiger partial charge on any atom is -0.348 e. The lowest BCUT2D eigenvalue weighted by Crippen LogP contribution is -2.40. The van der Waals surface area contributed by atoms with Crippen molar-refractivity contribution in [3.63, 3.8) is 0 Å². The number of benzene rings is 1. The molecule has 1 amide bonds. The third-order valence-corrected chi connectivity index (χ3v) is 5.36. The second kappa shape index (κ2) is 6.95. The topological polar surface area (TPSA) is 29.1 Å². The number of amides is 1. The predicted octanol–water partition coefficient (Wildman–Crippen LogP) is 4.81. The van der Waals surface area contributed by atoms with E-state index in [9.17, 15) is 4.79 Å². The molecule has 21 heavy (non-hydrogen) atoms. The van der Waals surface area contributed by atoms with Gasteiger partial charge in [0.15, 0.2) is 0 Å². The van der Waals surface area contributed by atoms with Crippen molar-refractivity contribution >= 4 is 21.8 Å². The summed E-state index contributed by atoms with van der Waals surface area (Å²) in [7, 11) is 0. The highest BCUT2D eigenvalue weighted by atomic mass is 79.9. The summed E-state index contributed by atoms with van der Waals surface area (Å²) in [6.07, 6.45) is 5.95. The van der Waals surface area contributed by atoms with Gasteiger partial charge in [-0.15, -0.1) is 0 Å². The number of hydrogen-bond acceptors (Lipinski definition) is 1. The first kappa shape index (κ1) is 16.5. The molecular weight excluding hydrogens is 326 g/mol. The zero-order valence-corrected chi connectivity index (χ0v) is 14.9. The summed E-state index contributed by atoms with van der Waals surface area (Å²) in [6.45, 7) is 6.55. The predicted molar refractivity (Wildman–Crippen MR) is 92.2 cm³/mol. The van der Waals surface area contributed by atoms with Gasteiger partial charge in [0, 0.05) is 16.4 Å². The molecule has 0 spiro atoms. The van der Waals surface area contributed by atoms with Crippen LogP contribution < -0.4 is 5.32 Å². The Hall–Kier alpha value is -0.830. The van der Waals surface area contributed by atoms with Crippen LogP contribution in [0.3, 0.4) is 0 Å². The van der Waals surface area contributed by atoms with E-state index in [1.54, 1.807) is 0 Å². The number of alkyl halides is 1. The number of carbonyl (C=O) groups is 1. The van der Waals surface area contributed by atoms with E-state index in [1.165, 1.54) is 24.8 Å². The van der Waals surface area contributed by atoms with Crippen molar-refractivity contribution in [3.05, 3.63) is 35.4 Å². The highest BCUT2D eigenvalue weighted by Crippen LogP contribution is 2.25. The minimum absolute atomic E-state index is 0.0480. The molecule has 0 saturated heterocycles. The van der Waals surface area contributed by atoms with Crippen LogP contribution in [0.1, 0.15) is 68.8 Å². The van der Waals surface area contributed by atoms with Crippen LogP contribution in [0.4, 0.5) is 0 Å². The van der Waals surface area contributed by atoms with Crippen molar-refractivity contribution in [2.75, 3.05) is 0 Å². The number of halogens is 1. The Labute approximate surface area is 136 Å². The van der Waals surface area contributed by atoms with Crippen LogP contribution in [0.25, 0.3) is 0 Å². The van der Waals surface area contributed by atoms with Crippen LogP contribution in [-0.4, -0.2) is 16.8 Å². The minimum atomic E-state index is 0.0480. The lowest BCUT2D eigenvalue weighted by Gasteiger charge is -2.22. The average Bonchev–Trinajstić information content (AvgIpc) is 2.63. The fraction of sp³-hybridized carbons (Fsp3) is 0.611. The van der Waals surface area contributed by atoms with Crippen LogP contribution in [0.15, 0.2) is 24.3 Å². The van der Waals surface area contributed by atoms with Crippen LogP contribution >= 0.6 is 15.9 Å². The maximum absolute atomic E-state index is 12.4. The Balaban J connectivity index is 2.02. The largest absolute Gasteiger partial charge is 0.348 e. The molecule has 0 bridgehead atoms. The Morgan fingerprint density at radius 3 is 2.33 bits per heavy atom. The fourth-order valence-electron chi connectivity index (χ4n) is 2.80. The van der Waals surface area contributed by atoms with Gasteiger partial charge < -0.3 is 5.32 Å². The van der Waals surface area contributed by atoms with Gasteiger partial charge in [0.2, 0.25) is 0 Å². The average molecular weight is 352 g/mol. The van der Waals surface area contributed by atoms with Gasteiger partial charge in [-0.05, 0) is 36.0 Å². The monoisotopic (exact) mass is 351 g/mol. The normalized spacial score (nSPS) is 23.4. The summed E-state index contributed by atoms with van der Waals surface area (Å²) < 4.78 is 0. The van der Waals surface area contributed by atoms with Gasteiger partial charge in [-0.1, -0.05) is 68.1 Å². The van der Waals surface area contributed by atoms with E-state index in [2.05, 4.69) is 54.2 Å².